The van der Waals surface area contributed by atoms with E-state index >= 15 is 0 Å². The molecule has 8 nitrogen and oxygen atoms in total. The fraction of sp³-hybridized carbons (Fsp3) is 0.348. The van der Waals surface area contributed by atoms with Crippen LogP contribution >= 0.6 is 0 Å². The van der Waals surface area contributed by atoms with E-state index in [1.807, 2.05) is 0 Å². The molecule has 1 fully saturated rings. The van der Waals surface area contributed by atoms with Crippen molar-refractivity contribution in [2.75, 3.05) is 20.2 Å². The first kappa shape index (κ1) is 23.7. The number of aromatic nitrogens is 2. The van der Waals surface area contributed by atoms with Crippen molar-refractivity contribution in [3.05, 3.63) is 64.8 Å². The summed E-state index contributed by atoms with van der Waals surface area (Å²) in [5.41, 5.74) is 0.629. The number of nitrogens with one attached hydrogen (secondary N) is 1. The van der Waals surface area contributed by atoms with E-state index in [0.717, 1.165) is 23.8 Å². The van der Waals surface area contributed by atoms with Gasteiger partial charge in [0, 0.05) is 19.2 Å². The first-order valence-electron chi connectivity index (χ1n) is 10.6. The van der Waals surface area contributed by atoms with Crippen LogP contribution in [0.15, 0.2) is 47.5 Å². The normalized spacial score (nSPS) is 18.2. The van der Waals surface area contributed by atoms with Crippen molar-refractivity contribution in [3.8, 4) is 0 Å². The molecular formula is C23H23F3N4O4. The number of benzene rings is 2. The maximum Gasteiger partial charge on any atom is 0.416 e. The van der Waals surface area contributed by atoms with Gasteiger partial charge in [-0.1, -0.05) is 12.1 Å². The van der Waals surface area contributed by atoms with Gasteiger partial charge in [-0.2, -0.15) is 18.2 Å². The number of imidazole rings is 1. The number of rotatable bonds is 5. The maximum atomic E-state index is 13.0. The second-order valence-corrected chi connectivity index (χ2v) is 8.27. The second-order valence-electron chi connectivity index (χ2n) is 8.27. The molecular weight excluding hydrogens is 453 g/mol. The van der Waals surface area contributed by atoms with Crippen LogP contribution in [0.1, 0.15) is 33.8 Å². The van der Waals surface area contributed by atoms with Crippen molar-refractivity contribution in [2.45, 2.75) is 31.2 Å². The molecule has 1 aliphatic heterocycles. The number of alkyl halides is 3. The number of amides is 2. The first-order valence-corrected chi connectivity index (χ1v) is 10.6. The van der Waals surface area contributed by atoms with Gasteiger partial charge in [0.2, 0.25) is 11.5 Å². The molecule has 4 rings (SSSR count). The van der Waals surface area contributed by atoms with Crippen molar-refractivity contribution < 1.29 is 33.0 Å². The molecule has 1 saturated heterocycles. The number of carbonyl (C=O) groups is 2. The number of likely N-dealkylation sites (N-methyl/N-ethyl adjacent to an activating group) is 1. The summed E-state index contributed by atoms with van der Waals surface area (Å²) in [6.45, 7) is -0.0155. The lowest BCUT2D eigenvalue weighted by atomic mass is 9.97. The number of H-pyrrole nitrogens is 1. The Labute approximate surface area is 192 Å². The van der Waals surface area contributed by atoms with Crippen LogP contribution in [-0.4, -0.2) is 62.8 Å². The Bertz CT molecular complexity index is 1310. The molecule has 11 heteroatoms. The van der Waals surface area contributed by atoms with Gasteiger partial charge in [-0.05, 0) is 42.3 Å². The summed E-state index contributed by atoms with van der Waals surface area (Å²) in [6.07, 6.45) is -5.10. The first-order chi connectivity index (χ1) is 16.1. The summed E-state index contributed by atoms with van der Waals surface area (Å²) in [6, 6.07) is 9.19. The third kappa shape index (κ3) is 4.62. The monoisotopic (exact) mass is 476 g/mol. The minimum absolute atomic E-state index is 0.000814. The molecule has 0 spiro atoms. The lowest BCUT2D eigenvalue weighted by Crippen LogP contribution is -2.28. The smallest absolute Gasteiger partial charge is 0.394 e. The number of aliphatic hydroxyl groups is 2. The number of fused-ring (bicyclic) bond motifs is 1. The molecule has 180 valence electrons. The van der Waals surface area contributed by atoms with Gasteiger partial charge in [-0.25, -0.2) is 0 Å². The molecule has 2 heterocycles. The number of likely N-dealkylation sites (tertiary alicyclic amines) is 1. The molecule has 1 unspecified atom stereocenters. The van der Waals surface area contributed by atoms with Crippen LogP contribution in [0.4, 0.5) is 13.2 Å². The van der Waals surface area contributed by atoms with Gasteiger partial charge < -0.3 is 24.7 Å². The van der Waals surface area contributed by atoms with Gasteiger partial charge in [-0.15, -0.1) is 0 Å². The Balaban J connectivity index is 1.79. The second kappa shape index (κ2) is 9.07. The zero-order valence-corrected chi connectivity index (χ0v) is 18.2. The molecule has 3 aromatic rings. The van der Waals surface area contributed by atoms with Gasteiger partial charge in [0.05, 0.1) is 41.8 Å². The predicted molar refractivity (Wildman–Crippen MR) is 116 cm³/mol. The Hall–Kier alpha value is -3.44. The predicted octanol–water partition coefficient (Wildman–Crippen LogP) is 2.03. The molecule has 1 aliphatic rings. The SMILES string of the molecule is CN1CC[C@H](c2ccc3c(c2)[nH]/c(=N\C(=O)c2cccc(C(F)(F)F)c2)n3CC(O)CO)C1=O. The molecule has 0 aliphatic carbocycles. The quantitative estimate of drug-likeness (QED) is 0.523. The van der Waals surface area contributed by atoms with Crippen molar-refractivity contribution >= 4 is 22.8 Å². The summed E-state index contributed by atoms with van der Waals surface area (Å²) in [5, 5.41) is 19.3. The topological polar surface area (TPSA) is 111 Å². The molecule has 0 radical (unpaired) electrons. The molecule has 2 atom stereocenters. The Kier molecular flexibility index (Phi) is 6.32. The summed E-state index contributed by atoms with van der Waals surface area (Å²) in [5.74, 6) is -1.21. The highest BCUT2D eigenvalue weighted by Gasteiger charge is 2.31. The number of hydrogen-bond acceptors (Lipinski definition) is 4. The van der Waals surface area contributed by atoms with E-state index in [4.69, 9.17) is 0 Å². The molecule has 1 aromatic heterocycles. The molecule has 34 heavy (non-hydrogen) atoms. The Morgan fingerprint density at radius 1 is 1.26 bits per heavy atom. The summed E-state index contributed by atoms with van der Waals surface area (Å²) < 4.78 is 40.6. The summed E-state index contributed by atoms with van der Waals surface area (Å²) >= 11 is 0. The van der Waals surface area contributed by atoms with Crippen molar-refractivity contribution in [3.63, 3.8) is 0 Å². The number of nitrogens with zero attached hydrogens (tertiary/aromatic N) is 3. The van der Waals surface area contributed by atoms with Gasteiger partial charge in [-0.3, -0.25) is 9.59 Å². The van der Waals surface area contributed by atoms with Crippen LogP contribution in [-0.2, 0) is 17.5 Å². The van der Waals surface area contributed by atoms with Crippen LogP contribution in [0.25, 0.3) is 11.0 Å². The molecule has 2 amide bonds. The zero-order chi connectivity index (χ0) is 24.6. The number of aromatic amines is 1. The number of halogens is 3. The largest absolute Gasteiger partial charge is 0.416 e. The van der Waals surface area contributed by atoms with Crippen LogP contribution in [0.5, 0.6) is 0 Å². The summed E-state index contributed by atoms with van der Waals surface area (Å²) in [7, 11) is 1.73. The third-order valence-electron chi connectivity index (χ3n) is 5.89. The van der Waals surface area contributed by atoms with E-state index in [1.54, 1.807) is 30.1 Å². The Morgan fingerprint density at radius 2 is 2.03 bits per heavy atom. The highest BCUT2D eigenvalue weighted by Crippen LogP contribution is 2.30. The Morgan fingerprint density at radius 3 is 2.68 bits per heavy atom. The van der Waals surface area contributed by atoms with Crippen LogP contribution in [0.2, 0.25) is 0 Å². The van der Waals surface area contributed by atoms with Crippen LogP contribution < -0.4 is 5.62 Å². The van der Waals surface area contributed by atoms with Gasteiger partial charge >= 0.3 is 6.18 Å². The standard InChI is InChI=1S/C23H23F3N4O4/c1-29-8-7-17(21(29)34)13-5-6-19-18(10-13)27-22(30(19)11-16(32)12-31)28-20(33)14-3-2-4-15(9-14)23(24,25)26/h2-6,9-10,16-17,31-32H,7-8,11-12H2,1H3,(H,27,28,33)/t16?,17-/m1/s1. The lowest BCUT2D eigenvalue weighted by Gasteiger charge is -2.12. The van der Waals surface area contributed by atoms with E-state index in [-0.39, 0.29) is 29.6 Å². The van der Waals surface area contributed by atoms with Gasteiger partial charge in [0.25, 0.3) is 5.91 Å². The lowest BCUT2D eigenvalue weighted by molar-refractivity contribution is -0.137. The molecule has 0 bridgehead atoms. The van der Waals surface area contributed by atoms with Crippen LogP contribution in [0, 0.1) is 0 Å². The van der Waals surface area contributed by atoms with E-state index in [2.05, 4.69) is 9.98 Å². The van der Waals surface area contributed by atoms with Crippen molar-refractivity contribution in [1.82, 2.24) is 14.5 Å². The average molecular weight is 476 g/mol. The van der Waals surface area contributed by atoms with E-state index < -0.39 is 30.4 Å². The van der Waals surface area contributed by atoms with E-state index in [0.29, 0.717) is 24.0 Å². The fourth-order valence-corrected chi connectivity index (χ4v) is 4.07. The molecule has 2 aromatic carbocycles. The minimum atomic E-state index is -4.61. The van der Waals surface area contributed by atoms with Gasteiger partial charge in [0.15, 0.2) is 0 Å². The molecule has 0 saturated carbocycles. The summed E-state index contributed by atoms with van der Waals surface area (Å²) in [4.78, 5) is 33.7. The number of carbonyl (C=O) groups excluding carboxylic acids is 2. The van der Waals surface area contributed by atoms with E-state index in [1.165, 1.54) is 10.6 Å². The van der Waals surface area contributed by atoms with Crippen molar-refractivity contribution in [1.29, 1.82) is 0 Å². The zero-order valence-electron chi connectivity index (χ0n) is 18.2. The van der Waals surface area contributed by atoms with Crippen molar-refractivity contribution in [2.24, 2.45) is 4.99 Å². The number of aliphatic hydroxyl groups excluding tert-OH is 2. The highest BCUT2D eigenvalue weighted by atomic mass is 19.4. The minimum Gasteiger partial charge on any atom is -0.394 e. The number of hydrogen-bond donors (Lipinski definition) is 3. The highest BCUT2D eigenvalue weighted by molar-refractivity contribution is 5.95. The third-order valence-corrected chi connectivity index (χ3v) is 5.89. The fourth-order valence-electron chi connectivity index (χ4n) is 4.07. The van der Waals surface area contributed by atoms with Gasteiger partial charge in [0.1, 0.15) is 0 Å². The molecule has 3 N–H and O–H groups in total. The maximum absolute atomic E-state index is 13.0. The average Bonchev–Trinajstić information content (AvgIpc) is 3.31. The van der Waals surface area contributed by atoms with Crippen LogP contribution in [0.3, 0.4) is 0 Å². The van der Waals surface area contributed by atoms with E-state index in [9.17, 15) is 33.0 Å².